The van der Waals surface area contributed by atoms with Crippen molar-refractivity contribution in [2.75, 3.05) is 25.5 Å². The van der Waals surface area contributed by atoms with E-state index in [1.165, 1.54) is 6.08 Å². The van der Waals surface area contributed by atoms with Crippen LogP contribution in [-0.2, 0) is 14.8 Å². The molecule has 0 unspecified atom stereocenters. The monoisotopic (exact) mass is 219 g/mol. The highest BCUT2D eigenvalue weighted by Crippen LogP contribution is 1.88. The first kappa shape index (κ1) is 13.4. The molecule has 4 nitrogen and oxygen atoms in total. The van der Waals surface area contributed by atoms with Crippen molar-refractivity contribution in [3.05, 3.63) is 24.8 Å². The van der Waals surface area contributed by atoms with Crippen molar-refractivity contribution in [2.45, 2.75) is 6.92 Å². The van der Waals surface area contributed by atoms with Crippen LogP contribution >= 0.6 is 0 Å². The Hall–Kier alpha value is -0.650. The van der Waals surface area contributed by atoms with E-state index >= 15 is 0 Å². The first-order valence-electron chi connectivity index (χ1n) is 4.28. The van der Waals surface area contributed by atoms with Crippen LogP contribution in [0, 0.1) is 0 Å². The van der Waals surface area contributed by atoms with Crippen molar-refractivity contribution in [2.24, 2.45) is 0 Å². The van der Waals surface area contributed by atoms with Crippen molar-refractivity contribution in [3.8, 4) is 0 Å². The Balaban J connectivity index is 3.54. The van der Waals surface area contributed by atoms with Gasteiger partial charge >= 0.3 is 0 Å². The zero-order valence-electron chi connectivity index (χ0n) is 8.45. The van der Waals surface area contributed by atoms with Crippen LogP contribution in [0.4, 0.5) is 0 Å². The van der Waals surface area contributed by atoms with Gasteiger partial charge in [0.2, 0.25) is 10.0 Å². The largest absolute Gasteiger partial charge is 0.376 e. The van der Waals surface area contributed by atoms with Gasteiger partial charge in [-0.05, 0) is 6.92 Å². The fourth-order valence-electron chi connectivity index (χ4n) is 0.730. The molecule has 0 aromatic heterocycles. The van der Waals surface area contributed by atoms with Crippen molar-refractivity contribution in [3.63, 3.8) is 0 Å². The highest BCUT2D eigenvalue weighted by Gasteiger charge is 2.05. The second kappa shape index (κ2) is 6.75. The molecule has 0 radical (unpaired) electrons. The molecule has 0 aliphatic carbocycles. The van der Waals surface area contributed by atoms with Crippen LogP contribution in [0.2, 0.25) is 0 Å². The van der Waals surface area contributed by atoms with E-state index in [2.05, 4.69) is 17.9 Å². The standard InChI is InChI=1S/C9H17NO3S/c1-4-7-14(11,12)10-5-6-13-8-9(2)3/h4,10H,1-2,5-8H2,3H3. The molecular weight excluding hydrogens is 202 g/mol. The second-order valence-corrected chi connectivity index (χ2v) is 4.83. The summed E-state index contributed by atoms with van der Waals surface area (Å²) in [7, 11) is -3.20. The summed E-state index contributed by atoms with van der Waals surface area (Å²) >= 11 is 0. The van der Waals surface area contributed by atoms with Gasteiger partial charge in [-0.15, -0.1) is 6.58 Å². The summed E-state index contributed by atoms with van der Waals surface area (Å²) in [5.74, 6) is -0.0620. The first-order chi connectivity index (χ1) is 6.48. The van der Waals surface area contributed by atoms with Gasteiger partial charge in [0.25, 0.3) is 0 Å². The summed E-state index contributed by atoms with van der Waals surface area (Å²) in [4.78, 5) is 0. The van der Waals surface area contributed by atoms with E-state index in [-0.39, 0.29) is 12.3 Å². The average Bonchev–Trinajstić information content (AvgIpc) is 2.02. The zero-order valence-corrected chi connectivity index (χ0v) is 9.27. The number of ether oxygens (including phenoxy) is 1. The predicted molar refractivity (Wildman–Crippen MR) is 57.6 cm³/mol. The fraction of sp³-hybridized carbons (Fsp3) is 0.556. The van der Waals surface area contributed by atoms with E-state index in [4.69, 9.17) is 4.74 Å². The SMILES string of the molecule is C=CCS(=O)(=O)NCCOCC(=C)C. The Kier molecular flexibility index (Phi) is 6.44. The molecule has 0 aliphatic heterocycles. The lowest BCUT2D eigenvalue weighted by molar-refractivity contribution is 0.162. The molecule has 0 spiro atoms. The molecule has 0 aromatic rings. The molecule has 82 valence electrons. The minimum absolute atomic E-state index is 0.0620. The van der Waals surface area contributed by atoms with Gasteiger partial charge in [0.15, 0.2) is 0 Å². The Morgan fingerprint density at radius 3 is 2.71 bits per heavy atom. The highest BCUT2D eigenvalue weighted by atomic mass is 32.2. The van der Waals surface area contributed by atoms with E-state index in [0.29, 0.717) is 13.2 Å². The number of sulfonamides is 1. The Bertz CT molecular complexity index is 282. The first-order valence-corrected chi connectivity index (χ1v) is 5.93. The summed E-state index contributed by atoms with van der Waals surface area (Å²) in [6.45, 7) is 9.95. The van der Waals surface area contributed by atoms with Gasteiger partial charge < -0.3 is 4.74 Å². The molecule has 0 amide bonds. The van der Waals surface area contributed by atoms with Crippen molar-refractivity contribution < 1.29 is 13.2 Å². The normalized spacial score (nSPS) is 11.2. The molecule has 0 heterocycles. The van der Waals surface area contributed by atoms with E-state index in [9.17, 15) is 8.42 Å². The summed E-state index contributed by atoms with van der Waals surface area (Å²) in [6.07, 6.45) is 1.34. The van der Waals surface area contributed by atoms with Gasteiger partial charge in [-0.2, -0.15) is 0 Å². The molecule has 0 bridgehead atoms. The van der Waals surface area contributed by atoms with Crippen LogP contribution in [0.3, 0.4) is 0 Å². The predicted octanol–water partition coefficient (Wildman–Crippen LogP) is 0.684. The Labute approximate surface area is 85.7 Å². The molecule has 0 fully saturated rings. The summed E-state index contributed by atoms with van der Waals surface area (Å²) in [6, 6.07) is 0. The zero-order chi connectivity index (χ0) is 11.0. The topological polar surface area (TPSA) is 55.4 Å². The van der Waals surface area contributed by atoms with Crippen LogP contribution in [0.15, 0.2) is 24.8 Å². The van der Waals surface area contributed by atoms with Crippen molar-refractivity contribution in [1.82, 2.24) is 4.72 Å². The maximum absolute atomic E-state index is 11.1. The molecule has 0 rings (SSSR count). The van der Waals surface area contributed by atoms with E-state index in [0.717, 1.165) is 5.57 Å². The van der Waals surface area contributed by atoms with Gasteiger partial charge in [0.05, 0.1) is 19.0 Å². The fourth-order valence-corrected chi connectivity index (χ4v) is 1.55. The quantitative estimate of drug-likeness (QED) is 0.482. The van der Waals surface area contributed by atoms with Crippen LogP contribution in [0.25, 0.3) is 0 Å². The number of nitrogens with one attached hydrogen (secondary N) is 1. The summed E-state index contributed by atoms with van der Waals surface area (Å²) < 4.78 is 29.6. The molecule has 0 atom stereocenters. The molecule has 5 heteroatoms. The maximum atomic E-state index is 11.1. The molecule has 0 aromatic carbocycles. The minimum Gasteiger partial charge on any atom is -0.376 e. The lowest BCUT2D eigenvalue weighted by Crippen LogP contribution is -2.29. The van der Waals surface area contributed by atoms with E-state index in [1.807, 2.05) is 6.92 Å². The number of hydrogen-bond acceptors (Lipinski definition) is 3. The molecular formula is C9H17NO3S. The highest BCUT2D eigenvalue weighted by molar-refractivity contribution is 7.89. The molecule has 0 saturated carbocycles. The van der Waals surface area contributed by atoms with Crippen LogP contribution in [-0.4, -0.2) is 33.9 Å². The second-order valence-electron chi connectivity index (χ2n) is 2.97. The summed E-state index contributed by atoms with van der Waals surface area (Å²) in [5, 5.41) is 0. The number of rotatable bonds is 8. The molecule has 0 saturated heterocycles. The molecule has 0 aliphatic rings. The lowest BCUT2D eigenvalue weighted by atomic mass is 10.4. The third-order valence-electron chi connectivity index (χ3n) is 1.25. The van der Waals surface area contributed by atoms with Crippen LogP contribution in [0.1, 0.15) is 6.92 Å². The van der Waals surface area contributed by atoms with E-state index < -0.39 is 10.0 Å². The smallest absolute Gasteiger partial charge is 0.215 e. The van der Waals surface area contributed by atoms with Gasteiger partial charge in [-0.1, -0.05) is 18.2 Å². The van der Waals surface area contributed by atoms with Crippen molar-refractivity contribution in [1.29, 1.82) is 0 Å². The van der Waals surface area contributed by atoms with Crippen molar-refractivity contribution >= 4 is 10.0 Å². The van der Waals surface area contributed by atoms with Crippen LogP contribution < -0.4 is 4.72 Å². The van der Waals surface area contributed by atoms with Gasteiger partial charge in [0, 0.05) is 6.54 Å². The van der Waals surface area contributed by atoms with Gasteiger partial charge in [-0.25, -0.2) is 13.1 Å². The maximum Gasteiger partial charge on any atom is 0.215 e. The lowest BCUT2D eigenvalue weighted by Gasteiger charge is -2.05. The summed E-state index contributed by atoms with van der Waals surface area (Å²) in [5.41, 5.74) is 0.916. The third-order valence-corrected chi connectivity index (χ3v) is 2.57. The minimum atomic E-state index is -3.20. The average molecular weight is 219 g/mol. The third kappa shape index (κ3) is 7.97. The van der Waals surface area contributed by atoms with E-state index in [1.54, 1.807) is 0 Å². The van der Waals surface area contributed by atoms with Gasteiger partial charge in [0.1, 0.15) is 0 Å². The Morgan fingerprint density at radius 1 is 1.57 bits per heavy atom. The Morgan fingerprint density at radius 2 is 2.21 bits per heavy atom. The van der Waals surface area contributed by atoms with Crippen LogP contribution in [0.5, 0.6) is 0 Å². The number of hydrogen-bond donors (Lipinski definition) is 1. The van der Waals surface area contributed by atoms with Gasteiger partial charge in [-0.3, -0.25) is 0 Å². The molecule has 14 heavy (non-hydrogen) atoms. The molecule has 1 N–H and O–H groups in total.